The lowest BCUT2D eigenvalue weighted by molar-refractivity contribution is 0.113. The second-order valence-corrected chi connectivity index (χ2v) is 5.78. The summed E-state index contributed by atoms with van der Waals surface area (Å²) in [6.07, 6.45) is 8.64. The summed E-state index contributed by atoms with van der Waals surface area (Å²) in [6.45, 7) is 0.872. The maximum Gasteiger partial charge on any atom is 0.0333 e. The first-order valence-corrected chi connectivity index (χ1v) is 6.18. The normalized spacial score (nSPS) is 43.5. The van der Waals surface area contributed by atoms with Gasteiger partial charge in [-0.3, -0.25) is 4.90 Å². The van der Waals surface area contributed by atoms with Gasteiger partial charge in [0.25, 0.3) is 0 Å². The van der Waals surface area contributed by atoms with Crippen molar-refractivity contribution in [2.24, 2.45) is 17.6 Å². The average molecular weight is 194 g/mol. The van der Waals surface area contributed by atoms with Crippen LogP contribution in [-0.2, 0) is 0 Å². The number of likely N-dealkylation sites (N-methyl/N-ethyl adjacent to an activating group) is 1. The van der Waals surface area contributed by atoms with Crippen molar-refractivity contribution in [2.75, 3.05) is 13.6 Å². The molecule has 3 aliphatic rings. The molecule has 0 amide bonds. The van der Waals surface area contributed by atoms with E-state index in [4.69, 9.17) is 5.73 Å². The van der Waals surface area contributed by atoms with E-state index in [2.05, 4.69) is 11.9 Å². The van der Waals surface area contributed by atoms with Crippen molar-refractivity contribution in [3.05, 3.63) is 0 Å². The predicted octanol–water partition coefficient (Wildman–Crippen LogP) is 1.60. The zero-order valence-electron chi connectivity index (χ0n) is 9.21. The maximum atomic E-state index is 5.89. The monoisotopic (exact) mass is 194 g/mol. The quantitative estimate of drug-likeness (QED) is 0.739. The summed E-state index contributed by atoms with van der Waals surface area (Å²) in [5.41, 5.74) is 6.32. The average Bonchev–Trinajstić information content (AvgIpc) is 2.73. The van der Waals surface area contributed by atoms with Crippen LogP contribution < -0.4 is 5.73 Å². The molecular weight excluding hydrogens is 172 g/mol. The molecule has 0 aromatic rings. The molecule has 3 unspecified atom stereocenters. The van der Waals surface area contributed by atoms with Gasteiger partial charge in [0.15, 0.2) is 0 Å². The first-order valence-electron chi connectivity index (χ1n) is 6.18. The Hall–Kier alpha value is -0.0800. The number of fused-ring (bicyclic) bond motifs is 2. The summed E-state index contributed by atoms with van der Waals surface area (Å²) in [4.78, 5) is 2.65. The van der Waals surface area contributed by atoms with Gasteiger partial charge in [0.1, 0.15) is 0 Å². The third-order valence-corrected chi connectivity index (χ3v) is 5.15. The molecule has 3 saturated carbocycles. The van der Waals surface area contributed by atoms with E-state index < -0.39 is 0 Å². The molecule has 0 radical (unpaired) electrons. The van der Waals surface area contributed by atoms with Crippen molar-refractivity contribution >= 4 is 0 Å². The van der Waals surface area contributed by atoms with E-state index in [-0.39, 0.29) is 0 Å². The minimum absolute atomic E-state index is 0.426. The van der Waals surface area contributed by atoms with E-state index in [1.54, 1.807) is 0 Å². The topological polar surface area (TPSA) is 29.3 Å². The van der Waals surface area contributed by atoms with E-state index in [9.17, 15) is 0 Å². The highest BCUT2D eigenvalue weighted by Crippen LogP contribution is 2.51. The standard InChI is InChI=1S/C12H22N2/c1-14(12(8-13)4-5-12)11-7-9-2-3-10(11)6-9/h9-11H,2-8,13H2,1H3. The molecule has 0 saturated heterocycles. The SMILES string of the molecule is CN(C1CC2CCC1C2)C1(CN)CC1. The van der Waals surface area contributed by atoms with Crippen LogP contribution in [0.4, 0.5) is 0 Å². The highest BCUT2D eigenvalue weighted by molar-refractivity contribution is 5.08. The summed E-state index contributed by atoms with van der Waals surface area (Å²) in [5, 5.41) is 0. The third-order valence-electron chi connectivity index (χ3n) is 5.15. The second kappa shape index (κ2) is 2.96. The van der Waals surface area contributed by atoms with Gasteiger partial charge in [-0.25, -0.2) is 0 Å². The van der Waals surface area contributed by atoms with Crippen molar-refractivity contribution in [1.82, 2.24) is 4.90 Å². The van der Waals surface area contributed by atoms with Gasteiger partial charge in [0.2, 0.25) is 0 Å². The molecule has 0 aliphatic heterocycles. The van der Waals surface area contributed by atoms with Gasteiger partial charge in [-0.15, -0.1) is 0 Å². The van der Waals surface area contributed by atoms with Crippen molar-refractivity contribution in [1.29, 1.82) is 0 Å². The van der Waals surface area contributed by atoms with Gasteiger partial charge in [0, 0.05) is 18.1 Å². The van der Waals surface area contributed by atoms with Crippen molar-refractivity contribution in [3.8, 4) is 0 Å². The molecule has 3 atom stereocenters. The van der Waals surface area contributed by atoms with Crippen LogP contribution in [0.3, 0.4) is 0 Å². The Kier molecular flexibility index (Phi) is 1.94. The summed E-state index contributed by atoms with van der Waals surface area (Å²) >= 11 is 0. The third kappa shape index (κ3) is 1.17. The Morgan fingerprint density at radius 2 is 2.07 bits per heavy atom. The number of hydrogen-bond acceptors (Lipinski definition) is 2. The highest BCUT2D eigenvalue weighted by Gasteiger charge is 2.51. The van der Waals surface area contributed by atoms with Crippen LogP contribution in [0.15, 0.2) is 0 Å². The van der Waals surface area contributed by atoms with E-state index in [1.807, 2.05) is 0 Å². The Morgan fingerprint density at radius 1 is 1.29 bits per heavy atom. The van der Waals surface area contributed by atoms with Crippen LogP contribution >= 0.6 is 0 Å². The molecule has 3 aliphatic carbocycles. The molecule has 2 nitrogen and oxygen atoms in total. The molecule has 0 aromatic heterocycles. The second-order valence-electron chi connectivity index (χ2n) is 5.78. The molecule has 0 heterocycles. The fraction of sp³-hybridized carbons (Fsp3) is 1.00. The molecule has 0 aromatic carbocycles. The Morgan fingerprint density at radius 3 is 2.50 bits per heavy atom. The molecule has 2 heteroatoms. The maximum absolute atomic E-state index is 5.89. The molecule has 14 heavy (non-hydrogen) atoms. The summed E-state index contributed by atoms with van der Waals surface area (Å²) < 4.78 is 0. The van der Waals surface area contributed by atoms with Crippen molar-refractivity contribution in [2.45, 2.75) is 50.1 Å². The van der Waals surface area contributed by atoms with E-state index in [0.29, 0.717) is 5.54 Å². The Labute approximate surface area is 86.8 Å². The lowest BCUT2D eigenvalue weighted by Crippen LogP contribution is -2.48. The van der Waals surface area contributed by atoms with Crippen LogP contribution in [0.5, 0.6) is 0 Å². The molecule has 2 bridgehead atoms. The van der Waals surface area contributed by atoms with Crippen molar-refractivity contribution in [3.63, 3.8) is 0 Å². The largest absolute Gasteiger partial charge is 0.329 e. The van der Waals surface area contributed by atoms with Crippen LogP contribution in [0.1, 0.15) is 38.5 Å². The van der Waals surface area contributed by atoms with Crippen molar-refractivity contribution < 1.29 is 0 Å². The minimum atomic E-state index is 0.426. The van der Waals surface area contributed by atoms with Crippen LogP contribution in [0.2, 0.25) is 0 Å². The van der Waals surface area contributed by atoms with Gasteiger partial charge >= 0.3 is 0 Å². The van der Waals surface area contributed by atoms with Gasteiger partial charge in [-0.2, -0.15) is 0 Å². The summed E-state index contributed by atoms with van der Waals surface area (Å²) in [6, 6.07) is 0.875. The zero-order chi connectivity index (χ0) is 9.76. The summed E-state index contributed by atoms with van der Waals surface area (Å²) in [5.74, 6) is 2.06. The molecule has 2 N–H and O–H groups in total. The van der Waals surface area contributed by atoms with Gasteiger partial charge in [-0.05, 0) is 51.0 Å². The van der Waals surface area contributed by atoms with Crippen LogP contribution in [0.25, 0.3) is 0 Å². The molecule has 3 rings (SSSR count). The summed E-state index contributed by atoms with van der Waals surface area (Å²) in [7, 11) is 2.32. The van der Waals surface area contributed by atoms with Gasteiger partial charge in [-0.1, -0.05) is 6.42 Å². The smallest absolute Gasteiger partial charge is 0.0333 e. The first kappa shape index (κ1) is 9.17. The van der Waals surface area contributed by atoms with Gasteiger partial charge < -0.3 is 5.73 Å². The number of nitrogens with zero attached hydrogens (tertiary/aromatic N) is 1. The Balaban J connectivity index is 1.71. The minimum Gasteiger partial charge on any atom is -0.329 e. The lowest BCUT2D eigenvalue weighted by Gasteiger charge is -2.37. The van der Waals surface area contributed by atoms with E-state index >= 15 is 0 Å². The number of rotatable bonds is 3. The predicted molar refractivity (Wildman–Crippen MR) is 58.0 cm³/mol. The lowest BCUT2D eigenvalue weighted by atomic mass is 9.93. The number of hydrogen-bond donors (Lipinski definition) is 1. The fourth-order valence-corrected chi connectivity index (χ4v) is 3.88. The first-order chi connectivity index (χ1) is 6.75. The number of nitrogens with two attached hydrogens (primary N) is 1. The van der Waals surface area contributed by atoms with Crippen LogP contribution in [-0.4, -0.2) is 30.1 Å². The van der Waals surface area contributed by atoms with E-state index in [1.165, 1.54) is 38.5 Å². The Bertz CT molecular complexity index is 234. The zero-order valence-corrected chi connectivity index (χ0v) is 9.21. The van der Waals surface area contributed by atoms with E-state index in [0.717, 1.165) is 24.4 Å². The molecule has 80 valence electrons. The molecule has 3 fully saturated rings. The highest BCUT2D eigenvalue weighted by atomic mass is 15.2. The van der Waals surface area contributed by atoms with Gasteiger partial charge in [0.05, 0.1) is 0 Å². The molecule has 0 spiro atoms. The van der Waals surface area contributed by atoms with Crippen LogP contribution in [0, 0.1) is 11.8 Å². The fourth-order valence-electron chi connectivity index (χ4n) is 3.88. The molecular formula is C12H22N2.